The van der Waals surface area contributed by atoms with Crippen molar-refractivity contribution in [3.05, 3.63) is 64.2 Å². The third-order valence-electron chi connectivity index (χ3n) is 4.80. The fraction of sp³-hybridized carbons (Fsp3) is 0.300. The highest BCUT2D eigenvalue weighted by molar-refractivity contribution is 6.33. The Hall–Kier alpha value is -2.53. The number of piperazine rings is 1. The topological polar surface area (TPSA) is 54.1 Å². The van der Waals surface area contributed by atoms with Crippen molar-refractivity contribution in [3.8, 4) is 12.1 Å². The van der Waals surface area contributed by atoms with E-state index in [-0.39, 0.29) is 0 Å². The summed E-state index contributed by atoms with van der Waals surface area (Å²) < 4.78 is 0. The van der Waals surface area contributed by atoms with Crippen LogP contribution in [0.2, 0.25) is 5.02 Å². The molecule has 0 bridgehead atoms. The maximum Gasteiger partial charge on any atom is 0.0992 e. The summed E-state index contributed by atoms with van der Waals surface area (Å²) in [6.07, 6.45) is 0. The SMILES string of the molecule is C[C@H](c1ccc(C#N)cc1)N1CCN(c2ccc(C#N)cc2Cl)CC1. The van der Waals surface area contributed by atoms with Gasteiger partial charge in [-0.25, -0.2) is 0 Å². The van der Waals surface area contributed by atoms with Crippen LogP contribution >= 0.6 is 11.6 Å². The lowest BCUT2D eigenvalue weighted by Gasteiger charge is -2.39. The van der Waals surface area contributed by atoms with Crippen molar-refractivity contribution in [2.45, 2.75) is 13.0 Å². The standard InChI is InChI=1S/C20H19ClN4/c1-15(18-5-2-16(13-22)3-6-18)24-8-10-25(11-9-24)20-7-4-17(14-23)12-19(20)21/h2-7,12,15H,8-11H2,1H3/t15-/m1/s1. The van der Waals surface area contributed by atoms with E-state index in [1.54, 1.807) is 6.07 Å². The zero-order valence-electron chi connectivity index (χ0n) is 14.1. The van der Waals surface area contributed by atoms with Crippen molar-refractivity contribution in [1.82, 2.24) is 4.90 Å². The molecule has 0 spiro atoms. The van der Waals surface area contributed by atoms with Gasteiger partial charge in [0.15, 0.2) is 0 Å². The minimum absolute atomic E-state index is 0.311. The molecule has 1 saturated heterocycles. The van der Waals surface area contributed by atoms with Gasteiger partial charge in [-0.1, -0.05) is 23.7 Å². The molecule has 2 aromatic carbocycles. The molecule has 1 fully saturated rings. The van der Waals surface area contributed by atoms with Crippen LogP contribution in [0.25, 0.3) is 0 Å². The quantitative estimate of drug-likeness (QED) is 0.840. The predicted octanol–water partition coefficient (Wildman–Crippen LogP) is 3.97. The lowest BCUT2D eigenvalue weighted by Crippen LogP contribution is -2.47. The summed E-state index contributed by atoms with van der Waals surface area (Å²) >= 11 is 6.33. The van der Waals surface area contributed by atoms with Gasteiger partial charge >= 0.3 is 0 Å². The summed E-state index contributed by atoms with van der Waals surface area (Å²) in [5.74, 6) is 0. The summed E-state index contributed by atoms with van der Waals surface area (Å²) in [6, 6.07) is 17.9. The average Bonchev–Trinajstić information content (AvgIpc) is 2.67. The fourth-order valence-electron chi connectivity index (χ4n) is 3.23. The van der Waals surface area contributed by atoms with Crippen LogP contribution in [0.1, 0.15) is 29.7 Å². The summed E-state index contributed by atoms with van der Waals surface area (Å²) in [6.45, 7) is 5.87. The Bertz CT molecular complexity index is 824. The van der Waals surface area contributed by atoms with E-state index in [4.69, 9.17) is 22.1 Å². The van der Waals surface area contributed by atoms with Crippen molar-refractivity contribution in [2.24, 2.45) is 0 Å². The molecule has 0 aliphatic carbocycles. The van der Waals surface area contributed by atoms with Crippen molar-refractivity contribution in [2.75, 3.05) is 31.1 Å². The van der Waals surface area contributed by atoms with Crippen molar-refractivity contribution in [1.29, 1.82) is 10.5 Å². The Kier molecular flexibility index (Phi) is 5.24. The molecule has 0 saturated carbocycles. The first-order valence-electron chi connectivity index (χ1n) is 8.31. The first-order chi connectivity index (χ1) is 12.1. The molecule has 1 atom stereocenters. The maximum absolute atomic E-state index is 8.95. The van der Waals surface area contributed by atoms with Crippen molar-refractivity contribution < 1.29 is 0 Å². The van der Waals surface area contributed by atoms with E-state index < -0.39 is 0 Å². The molecule has 1 aliphatic heterocycles. The maximum atomic E-state index is 8.95. The summed E-state index contributed by atoms with van der Waals surface area (Å²) in [5, 5.41) is 18.5. The lowest BCUT2D eigenvalue weighted by molar-refractivity contribution is 0.198. The van der Waals surface area contributed by atoms with Crippen LogP contribution in [0.3, 0.4) is 0 Å². The molecule has 25 heavy (non-hydrogen) atoms. The van der Waals surface area contributed by atoms with Gasteiger partial charge in [-0.2, -0.15) is 10.5 Å². The fourth-order valence-corrected chi connectivity index (χ4v) is 3.53. The molecule has 0 radical (unpaired) electrons. The molecule has 2 aromatic rings. The molecule has 3 rings (SSSR count). The molecule has 4 nitrogen and oxygen atoms in total. The molecule has 0 amide bonds. The summed E-state index contributed by atoms with van der Waals surface area (Å²) in [5.41, 5.74) is 3.49. The van der Waals surface area contributed by atoms with E-state index in [9.17, 15) is 0 Å². The smallest absolute Gasteiger partial charge is 0.0992 e. The van der Waals surface area contributed by atoms with Crippen LogP contribution in [0.15, 0.2) is 42.5 Å². The van der Waals surface area contributed by atoms with Gasteiger partial charge in [0.2, 0.25) is 0 Å². The zero-order chi connectivity index (χ0) is 17.8. The molecule has 1 aliphatic rings. The number of benzene rings is 2. The van der Waals surface area contributed by atoms with E-state index >= 15 is 0 Å². The number of nitriles is 2. The average molecular weight is 351 g/mol. The minimum Gasteiger partial charge on any atom is -0.368 e. The Morgan fingerprint density at radius 3 is 2.08 bits per heavy atom. The molecular weight excluding hydrogens is 332 g/mol. The van der Waals surface area contributed by atoms with Crippen LogP contribution in [-0.4, -0.2) is 31.1 Å². The van der Waals surface area contributed by atoms with Crippen LogP contribution < -0.4 is 4.90 Å². The molecule has 0 aromatic heterocycles. The Balaban J connectivity index is 1.65. The summed E-state index contributed by atoms with van der Waals surface area (Å²) in [7, 11) is 0. The van der Waals surface area contributed by atoms with Gasteiger partial charge in [-0.3, -0.25) is 4.90 Å². The third-order valence-corrected chi connectivity index (χ3v) is 5.10. The third kappa shape index (κ3) is 3.77. The second-order valence-corrected chi connectivity index (χ2v) is 6.62. The Morgan fingerprint density at radius 2 is 1.52 bits per heavy atom. The monoisotopic (exact) mass is 350 g/mol. The Morgan fingerprint density at radius 1 is 0.920 bits per heavy atom. The summed E-state index contributed by atoms with van der Waals surface area (Å²) in [4.78, 5) is 4.71. The zero-order valence-corrected chi connectivity index (χ0v) is 14.9. The number of rotatable bonds is 3. The van der Waals surface area contributed by atoms with Gasteiger partial charge in [0, 0.05) is 32.2 Å². The van der Waals surface area contributed by atoms with E-state index in [0.717, 1.165) is 31.9 Å². The highest BCUT2D eigenvalue weighted by Gasteiger charge is 2.23. The molecule has 5 heteroatoms. The number of hydrogen-bond acceptors (Lipinski definition) is 4. The number of halogens is 1. The van der Waals surface area contributed by atoms with Crippen LogP contribution in [-0.2, 0) is 0 Å². The first-order valence-corrected chi connectivity index (χ1v) is 8.69. The van der Waals surface area contributed by atoms with Gasteiger partial charge in [0.1, 0.15) is 0 Å². The van der Waals surface area contributed by atoms with Crippen LogP contribution in [0.4, 0.5) is 5.69 Å². The first kappa shape index (κ1) is 17.3. The largest absolute Gasteiger partial charge is 0.368 e. The van der Waals surface area contributed by atoms with Gasteiger partial charge in [0.25, 0.3) is 0 Å². The number of nitrogens with zero attached hydrogens (tertiary/aromatic N) is 4. The van der Waals surface area contributed by atoms with E-state index in [1.165, 1.54) is 5.56 Å². The van der Waals surface area contributed by atoms with Gasteiger partial charge in [0.05, 0.1) is 34.0 Å². The van der Waals surface area contributed by atoms with E-state index in [1.807, 2.05) is 36.4 Å². The number of hydrogen-bond donors (Lipinski definition) is 0. The van der Waals surface area contributed by atoms with Crippen LogP contribution in [0, 0.1) is 22.7 Å². The van der Waals surface area contributed by atoms with Crippen molar-refractivity contribution in [3.63, 3.8) is 0 Å². The minimum atomic E-state index is 0.311. The molecule has 0 unspecified atom stereocenters. The molecule has 0 N–H and O–H groups in total. The second-order valence-electron chi connectivity index (χ2n) is 6.21. The normalized spacial score (nSPS) is 16.1. The molecular formula is C20H19ClN4. The predicted molar refractivity (Wildman–Crippen MR) is 99.5 cm³/mol. The van der Waals surface area contributed by atoms with Crippen molar-refractivity contribution >= 4 is 17.3 Å². The number of anilines is 1. The van der Waals surface area contributed by atoms with E-state index in [0.29, 0.717) is 22.2 Å². The van der Waals surface area contributed by atoms with E-state index in [2.05, 4.69) is 28.9 Å². The van der Waals surface area contributed by atoms with Crippen LogP contribution in [0.5, 0.6) is 0 Å². The second kappa shape index (κ2) is 7.57. The highest BCUT2D eigenvalue weighted by Crippen LogP contribution is 2.29. The molecule has 126 valence electrons. The van der Waals surface area contributed by atoms with Gasteiger partial charge in [-0.05, 0) is 42.8 Å². The Labute approximate surface area is 153 Å². The molecule has 1 heterocycles. The highest BCUT2D eigenvalue weighted by atomic mass is 35.5. The van der Waals surface area contributed by atoms with Gasteiger partial charge in [-0.15, -0.1) is 0 Å². The lowest BCUT2D eigenvalue weighted by atomic mass is 10.0. The van der Waals surface area contributed by atoms with Gasteiger partial charge < -0.3 is 4.90 Å².